The van der Waals surface area contributed by atoms with Gasteiger partial charge in [-0.2, -0.15) is 13.2 Å². The number of anilines is 2. The maximum absolute atomic E-state index is 15.1. The lowest BCUT2D eigenvalue weighted by atomic mass is 9.98. The minimum Gasteiger partial charge on any atom is -0.497 e. The molecule has 0 saturated heterocycles. The highest BCUT2D eigenvalue weighted by molar-refractivity contribution is 6.36. The van der Waals surface area contributed by atoms with Gasteiger partial charge in [-0.05, 0) is 90.0 Å². The van der Waals surface area contributed by atoms with E-state index in [1.807, 2.05) is 65.7 Å². The van der Waals surface area contributed by atoms with Gasteiger partial charge in [-0.15, -0.1) is 0 Å². The zero-order valence-corrected chi connectivity index (χ0v) is 30.6. The average Bonchev–Trinajstić information content (AvgIpc) is 3.50. The number of fused-ring (bicyclic) bond motifs is 1. The number of ether oxygens (including phenoxy) is 3. The quantitative estimate of drug-likeness (QED) is 0.144. The zero-order chi connectivity index (χ0) is 37.6. The number of benzene rings is 3. The van der Waals surface area contributed by atoms with Gasteiger partial charge in [0.1, 0.15) is 36.1 Å². The summed E-state index contributed by atoms with van der Waals surface area (Å²) in [7, 11) is 3.19. The van der Waals surface area contributed by atoms with Gasteiger partial charge in [-0.25, -0.2) is 15.0 Å². The van der Waals surface area contributed by atoms with Crippen LogP contribution >= 0.6 is 11.6 Å². The predicted molar refractivity (Wildman–Crippen MR) is 202 cm³/mol. The van der Waals surface area contributed by atoms with Crippen molar-refractivity contribution in [3.63, 3.8) is 0 Å². The Labute approximate surface area is 315 Å². The second kappa shape index (κ2) is 14.3. The lowest BCUT2D eigenvalue weighted by Gasteiger charge is -2.29. The molecule has 4 heterocycles. The van der Waals surface area contributed by atoms with Crippen molar-refractivity contribution in [3.8, 4) is 28.5 Å². The number of halogens is 4. The van der Waals surface area contributed by atoms with Crippen LogP contribution in [-0.2, 0) is 25.7 Å². The van der Waals surface area contributed by atoms with Crippen molar-refractivity contribution in [1.82, 2.24) is 19.9 Å². The standard InChI is InChI=1S/C41H36ClF3N6O3/c1-24-18-34(50(21-25-4-9-28(52-2)10-5-25)22-26-6-11-29(53-3)12-7-26)49-38(36(24)41(43,44)45)30-19-32-35-39(37(30)42)54-17-16-51(40(35)48-23-47-32)33-13-8-27-14-15-46-20-31(27)33/h4-7,9-12,14-15,18-20,23,33H,8,13,16-17,21-22H2,1-3H3. The van der Waals surface area contributed by atoms with Crippen LogP contribution in [0.4, 0.5) is 24.8 Å². The molecule has 3 aromatic carbocycles. The van der Waals surface area contributed by atoms with E-state index in [4.69, 9.17) is 30.8 Å². The summed E-state index contributed by atoms with van der Waals surface area (Å²) < 4.78 is 62.3. The minimum atomic E-state index is -4.74. The molecule has 0 bridgehead atoms. The van der Waals surface area contributed by atoms with Crippen LogP contribution in [0.5, 0.6) is 17.2 Å². The summed E-state index contributed by atoms with van der Waals surface area (Å²) in [5.41, 5.74) is 3.46. The lowest BCUT2D eigenvalue weighted by molar-refractivity contribution is -0.137. The molecule has 13 heteroatoms. The van der Waals surface area contributed by atoms with Crippen LogP contribution in [0.25, 0.3) is 22.2 Å². The van der Waals surface area contributed by atoms with Gasteiger partial charge in [-0.1, -0.05) is 35.9 Å². The molecule has 0 fully saturated rings. The van der Waals surface area contributed by atoms with E-state index in [1.54, 1.807) is 26.5 Å². The van der Waals surface area contributed by atoms with Gasteiger partial charge in [0.15, 0.2) is 5.75 Å². The van der Waals surface area contributed by atoms with E-state index in [0.717, 1.165) is 29.5 Å². The average molecular weight is 753 g/mol. The van der Waals surface area contributed by atoms with E-state index >= 15 is 13.2 Å². The Balaban J connectivity index is 1.27. The number of rotatable bonds is 9. The summed E-state index contributed by atoms with van der Waals surface area (Å²) in [4.78, 5) is 22.5. The third kappa shape index (κ3) is 6.59. The number of pyridine rings is 2. The Hall–Kier alpha value is -5.62. The van der Waals surface area contributed by atoms with Crippen molar-refractivity contribution in [2.45, 2.75) is 45.1 Å². The Kier molecular flexibility index (Phi) is 9.39. The van der Waals surface area contributed by atoms with Crippen molar-refractivity contribution in [2.75, 3.05) is 37.2 Å². The van der Waals surface area contributed by atoms with Crippen molar-refractivity contribution in [1.29, 1.82) is 0 Å². The molecule has 6 aromatic rings. The predicted octanol–water partition coefficient (Wildman–Crippen LogP) is 9.18. The van der Waals surface area contributed by atoms with E-state index < -0.39 is 11.7 Å². The van der Waals surface area contributed by atoms with E-state index in [-0.39, 0.29) is 40.2 Å². The number of methoxy groups -OCH3 is 2. The normalized spacial score (nSPS) is 15.1. The van der Waals surface area contributed by atoms with Gasteiger partial charge in [0.25, 0.3) is 0 Å². The molecule has 0 spiro atoms. The van der Waals surface area contributed by atoms with Gasteiger partial charge in [0.05, 0.1) is 54.0 Å². The van der Waals surface area contributed by atoms with E-state index in [2.05, 4.69) is 19.9 Å². The topological polar surface area (TPSA) is 85.7 Å². The van der Waals surface area contributed by atoms with Crippen molar-refractivity contribution >= 4 is 34.1 Å². The molecule has 0 radical (unpaired) electrons. The molecular formula is C41H36ClF3N6O3. The fraction of sp³-hybridized carbons (Fsp3) is 0.268. The highest BCUT2D eigenvalue weighted by atomic mass is 35.5. The summed E-state index contributed by atoms with van der Waals surface area (Å²) in [5.74, 6) is 2.58. The Morgan fingerprint density at radius 3 is 2.28 bits per heavy atom. The molecule has 276 valence electrons. The van der Waals surface area contributed by atoms with Crippen LogP contribution < -0.4 is 24.0 Å². The molecule has 0 N–H and O–H groups in total. The maximum Gasteiger partial charge on any atom is 0.418 e. The molecule has 1 unspecified atom stereocenters. The molecule has 3 aromatic heterocycles. The highest BCUT2D eigenvalue weighted by Crippen LogP contribution is 2.50. The Morgan fingerprint density at radius 2 is 1.63 bits per heavy atom. The second-order valence-electron chi connectivity index (χ2n) is 13.4. The number of alkyl halides is 3. The first-order valence-corrected chi connectivity index (χ1v) is 17.9. The third-order valence-electron chi connectivity index (χ3n) is 10.2. The molecule has 1 aliphatic carbocycles. The molecule has 1 aliphatic heterocycles. The molecule has 0 saturated carbocycles. The monoisotopic (exact) mass is 752 g/mol. The van der Waals surface area contributed by atoms with Gasteiger partial charge >= 0.3 is 6.18 Å². The summed E-state index contributed by atoms with van der Waals surface area (Å²) in [5, 5.41) is 0.559. The van der Waals surface area contributed by atoms with Crippen molar-refractivity contribution in [2.24, 2.45) is 0 Å². The first-order chi connectivity index (χ1) is 26.1. The van der Waals surface area contributed by atoms with Crippen LogP contribution in [0.1, 0.15) is 45.8 Å². The minimum absolute atomic E-state index is 0.0000170. The summed E-state index contributed by atoms with van der Waals surface area (Å²) >= 11 is 7.16. The van der Waals surface area contributed by atoms with E-state index in [1.165, 1.54) is 24.9 Å². The zero-order valence-electron chi connectivity index (χ0n) is 29.8. The van der Waals surface area contributed by atoms with Crippen LogP contribution in [0.15, 0.2) is 85.5 Å². The molecule has 1 atom stereocenters. The largest absolute Gasteiger partial charge is 0.497 e. The smallest absolute Gasteiger partial charge is 0.418 e. The van der Waals surface area contributed by atoms with E-state index in [9.17, 15) is 0 Å². The summed E-state index contributed by atoms with van der Waals surface area (Å²) in [6.07, 6.45) is 2.14. The van der Waals surface area contributed by atoms with Gasteiger partial charge < -0.3 is 24.0 Å². The molecule has 2 aliphatic rings. The summed E-state index contributed by atoms with van der Waals surface area (Å²) in [6, 6.07) is 20.2. The molecule has 9 nitrogen and oxygen atoms in total. The molecular weight excluding hydrogens is 717 g/mol. The Morgan fingerprint density at radius 1 is 0.944 bits per heavy atom. The fourth-order valence-electron chi connectivity index (χ4n) is 7.56. The fourth-order valence-corrected chi connectivity index (χ4v) is 7.85. The third-order valence-corrected chi connectivity index (χ3v) is 10.5. The highest BCUT2D eigenvalue weighted by Gasteiger charge is 2.39. The first kappa shape index (κ1) is 35.4. The summed E-state index contributed by atoms with van der Waals surface area (Å²) in [6.45, 7) is 2.86. The first-order valence-electron chi connectivity index (χ1n) is 17.5. The number of aromatic nitrogens is 4. The number of aryl methyl sites for hydroxylation is 2. The van der Waals surface area contributed by atoms with Gasteiger partial charge in [0, 0.05) is 31.0 Å². The van der Waals surface area contributed by atoms with Gasteiger partial charge in [-0.3, -0.25) is 4.98 Å². The van der Waals surface area contributed by atoms with E-state index in [0.29, 0.717) is 53.7 Å². The second-order valence-corrected chi connectivity index (χ2v) is 13.8. The number of hydrogen-bond donors (Lipinski definition) is 0. The number of nitrogens with zero attached hydrogens (tertiary/aromatic N) is 6. The van der Waals surface area contributed by atoms with Crippen LogP contribution in [0.3, 0.4) is 0 Å². The molecule has 54 heavy (non-hydrogen) atoms. The maximum atomic E-state index is 15.1. The van der Waals surface area contributed by atoms with Gasteiger partial charge in [0.2, 0.25) is 0 Å². The Bertz CT molecular complexity index is 2290. The van der Waals surface area contributed by atoms with Crippen LogP contribution in [-0.4, -0.2) is 47.3 Å². The lowest BCUT2D eigenvalue weighted by Crippen LogP contribution is -2.31. The SMILES string of the molecule is COc1ccc(CN(Cc2ccc(OC)cc2)c2cc(C)c(C(F)(F)F)c(-c3cc4ncnc5c4c(c3Cl)OCCN5C3CCc4ccncc43)n2)cc1. The van der Waals surface area contributed by atoms with Crippen molar-refractivity contribution in [3.05, 3.63) is 124 Å². The molecule has 0 amide bonds. The van der Waals surface area contributed by atoms with Crippen molar-refractivity contribution < 1.29 is 27.4 Å². The van der Waals surface area contributed by atoms with Crippen LogP contribution in [0.2, 0.25) is 5.02 Å². The van der Waals surface area contributed by atoms with Crippen LogP contribution in [0, 0.1) is 6.92 Å². The molecule has 8 rings (SSSR count). The number of hydrogen-bond acceptors (Lipinski definition) is 9.